The van der Waals surface area contributed by atoms with Crippen molar-refractivity contribution >= 4 is 0 Å². The van der Waals surface area contributed by atoms with Crippen molar-refractivity contribution in [3.8, 4) is 40.8 Å². The van der Waals surface area contributed by atoms with Gasteiger partial charge in [0.2, 0.25) is 17.6 Å². The zero-order valence-corrected chi connectivity index (χ0v) is 25.1. The van der Waals surface area contributed by atoms with E-state index in [2.05, 4.69) is 53.9 Å². The van der Waals surface area contributed by atoms with Crippen molar-refractivity contribution in [2.45, 2.75) is 32.1 Å². The van der Waals surface area contributed by atoms with E-state index in [1.54, 1.807) is 37.7 Å². The zero-order chi connectivity index (χ0) is 31.8. The molecule has 0 atom stereocenters. The van der Waals surface area contributed by atoms with Gasteiger partial charge in [-0.25, -0.2) is 14.4 Å². The lowest BCUT2D eigenvalue weighted by molar-refractivity contribution is 0.375. The van der Waals surface area contributed by atoms with Gasteiger partial charge < -0.3 is 13.8 Å². The predicted octanol–water partition coefficient (Wildman–Crippen LogP) is 6.30. The first kappa shape index (κ1) is 31.3. The van der Waals surface area contributed by atoms with Crippen LogP contribution in [0.4, 0.5) is 4.39 Å². The zero-order valence-electron chi connectivity index (χ0n) is 25.1. The molecule has 0 unspecified atom stereocenters. The molecule has 0 aliphatic rings. The first-order chi connectivity index (χ1) is 22.7. The Hall–Kier alpha value is -6.13. The molecule has 0 saturated carbocycles. The van der Waals surface area contributed by atoms with Gasteiger partial charge in [0.25, 0.3) is 0 Å². The van der Waals surface area contributed by atoms with Crippen LogP contribution in [0.25, 0.3) is 11.4 Å². The van der Waals surface area contributed by atoms with E-state index in [1.165, 1.54) is 6.07 Å². The molecule has 0 amide bonds. The fraction of sp³-hybridized carbons (Fsp3) is 0.167. The monoisotopic (exact) mass is 612 g/mol. The van der Waals surface area contributed by atoms with E-state index in [4.69, 9.17) is 13.8 Å². The summed E-state index contributed by atoms with van der Waals surface area (Å²) in [5.41, 5.74) is 2.90. The van der Waals surface area contributed by atoms with Gasteiger partial charge in [0.05, 0.1) is 12.7 Å². The molecule has 0 fully saturated rings. The minimum Gasteiger partial charge on any atom is -0.497 e. The average molecular weight is 613 g/mol. The topological polar surface area (TPSA) is 113 Å². The number of hydrogen-bond donors (Lipinski definition) is 0. The second kappa shape index (κ2) is 16.6. The Balaban J connectivity index is 0.000000182. The molecule has 0 aliphatic heterocycles. The number of aromatic nitrogens is 6. The van der Waals surface area contributed by atoms with Crippen LogP contribution >= 0.6 is 0 Å². The average Bonchev–Trinajstić information content (AvgIpc) is 3.76. The summed E-state index contributed by atoms with van der Waals surface area (Å²) >= 11 is 0. The number of rotatable bonds is 8. The molecule has 0 spiro atoms. The highest BCUT2D eigenvalue weighted by atomic mass is 19.1. The van der Waals surface area contributed by atoms with Crippen LogP contribution in [-0.4, -0.2) is 37.4 Å². The fourth-order valence-corrected chi connectivity index (χ4v) is 4.06. The van der Waals surface area contributed by atoms with Gasteiger partial charge in [0.15, 0.2) is 5.82 Å². The Bertz CT molecular complexity index is 1950. The van der Waals surface area contributed by atoms with E-state index < -0.39 is 0 Å². The van der Waals surface area contributed by atoms with E-state index in [0.29, 0.717) is 55.3 Å². The van der Waals surface area contributed by atoms with Crippen molar-refractivity contribution in [1.82, 2.24) is 30.2 Å². The summed E-state index contributed by atoms with van der Waals surface area (Å²) in [5, 5.41) is 7.81. The summed E-state index contributed by atoms with van der Waals surface area (Å²) in [7, 11) is 1.65. The number of hydrogen-bond acceptors (Lipinski definition) is 9. The van der Waals surface area contributed by atoms with E-state index in [1.807, 2.05) is 60.7 Å². The lowest BCUT2D eigenvalue weighted by Gasteiger charge is -2.01. The standard InChI is InChI=1S/C19H17N3O2.C17H12FN3O/c1-23-17-10-6-7-15(13-17)14-18-21-19(24-22-18)11-3-2-8-16-9-4-5-12-20-16;18-15-10-3-2-9-14(15)17-20-16(22-21-17)11-4-1-7-13-8-5-6-12-19-13/h4-7,9-10,12-13H,3,11,14H2,1H3;2-3,5-6,8-10,12H,4,11H2. The molecule has 4 aromatic heterocycles. The van der Waals surface area contributed by atoms with E-state index in [-0.39, 0.29) is 11.6 Å². The molecule has 0 aliphatic carbocycles. The minimum absolute atomic E-state index is 0.255. The number of aryl methyl sites for hydroxylation is 2. The molecular formula is C36H29FN6O3. The predicted molar refractivity (Wildman–Crippen MR) is 169 cm³/mol. The van der Waals surface area contributed by atoms with Crippen LogP contribution in [0.1, 0.15) is 47.4 Å². The van der Waals surface area contributed by atoms with Gasteiger partial charge in [-0.05, 0) is 65.9 Å². The first-order valence-electron chi connectivity index (χ1n) is 14.5. The largest absolute Gasteiger partial charge is 0.497 e. The summed E-state index contributed by atoms with van der Waals surface area (Å²) in [5.74, 6) is 14.4. The third kappa shape index (κ3) is 9.69. The highest BCUT2D eigenvalue weighted by molar-refractivity contribution is 5.54. The van der Waals surface area contributed by atoms with Gasteiger partial charge in [-0.3, -0.25) is 0 Å². The second-order valence-electron chi connectivity index (χ2n) is 9.66. The summed E-state index contributed by atoms with van der Waals surface area (Å²) < 4.78 is 29.2. The van der Waals surface area contributed by atoms with Crippen LogP contribution in [0.3, 0.4) is 0 Å². The molecule has 4 heterocycles. The van der Waals surface area contributed by atoms with Gasteiger partial charge in [-0.2, -0.15) is 9.97 Å². The van der Waals surface area contributed by atoms with Crippen molar-refractivity contribution in [2.75, 3.05) is 7.11 Å². The van der Waals surface area contributed by atoms with Gasteiger partial charge in [0.1, 0.15) is 23.0 Å². The third-order valence-corrected chi connectivity index (χ3v) is 6.28. The Morgan fingerprint density at radius 3 is 2.02 bits per heavy atom. The number of benzene rings is 2. The molecule has 46 heavy (non-hydrogen) atoms. The summed E-state index contributed by atoms with van der Waals surface area (Å²) in [4.78, 5) is 16.9. The van der Waals surface area contributed by atoms with Crippen molar-refractivity contribution in [2.24, 2.45) is 0 Å². The minimum atomic E-state index is -0.371. The van der Waals surface area contributed by atoms with Gasteiger partial charge in [-0.15, -0.1) is 0 Å². The first-order valence-corrected chi connectivity index (χ1v) is 14.5. The molecule has 2 aromatic carbocycles. The molecule has 228 valence electrons. The van der Waals surface area contributed by atoms with Gasteiger partial charge >= 0.3 is 0 Å². The molecule has 0 N–H and O–H groups in total. The molecule has 0 saturated heterocycles. The van der Waals surface area contributed by atoms with Crippen LogP contribution in [0.5, 0.6) is 5.75 Å². The van der Waals surface area contributed by atoms with Gasteiger partial charge in [0, 0.05) is 44.5 Å². The van der Waals surface area contributed by atoms with Crippen LogP contribution in [0, 0.1) is 29.5 Å². The number of nitrogens with zero attached hydrogens (tertiary/aromatic N) is 6. The van der Waals surface area contributed by atoms with Crippen LogP contribution in [-0.2, 0) is 19.3 Å². The summed E-state index contributed by atoms with van der Waals surface area (Å²) in [6, 6.07) is 25.4. The number of halogens is 1. The maximum absolute atomic E-state index is 13.6. The molecule has 6 rings (SSSR count). The Morgan fingerprint density at radius 1 is 0.717 bits per heavy atom. The van der Waals surface area contributed by atoms with Crippen molar-refractivity contribution in [3.63, 3.8) is 0 Å². The maximum atomic E-state index is 13.6. The SMILES string of the molecule is COc1cccc(Cc2noc(CCC#Cc3ccccn3)n2)c1.Fc1ccccc1-c1noc(CCC#Cc2ccccn2)n1. The van der Waals surface area contributed by atoms with Crippen LogP contribution in [0.2, 0.25) is 0 Å². The molecular weight excluding hydrogens is 583 g/mol. The number of methoxy groups -OCH3 is 1. The van der Waals surface area contributed by atoms with E-state index in [9.17, 15) is 4.39 Å². The Kier molecular flexibility index (Phi) is 11.3. The molecule has 9 nitrogen and oxygen atoms in total. The normalized spacial score (nSPS) is 10.0. The summed E-state index contributed by atoms with van der Waals surface area (Å²) in [6.07, 6.45) is 6.40. The van der Waals surface area contributed by atoms with E-state index >= 15 is 0 Å². The summed E-state index contributed by atoms with van der Waals surface area (Å²) in [6.45, 7) is 0. The van der Waals surface area contributed by atoms with E-state index in [0.717, 1.165) is 22.7 Å². The maximum Gasteiger partial charge on any atom is 0.227 e. The number of ether oxygens (including phenoxy) is 1. The van der Waals surface area contributed by atoms with Crippen molar-refractivity contribution in [1.29, 1.82) is 0 Å². The highest BCUT2D eigenvalue weighted by Gasteiger charge is 2.11. The molecule has 10 heteroatoms. The van der Waals surface area contributed by atoms with Gasteiger partial charge in [-0.1, -0.05) is 58.6 Å². The molecule has 6 aromatic rings. The highest BCUT2D eigenvalue weighted by Crippen LogP contribution is 2.19. The quantitative estimate of drug-likeness (QED) is 0.183. The van der Waals surface area contributed by atoms with Crippen LogP contribution in [0.15, 0.2) is 106 Å². The fourth-order valence-electron chi connectivity index (χ4n) is 4.06. The smallest absolute Gasteiger partial charge is 0.227 e. The lowest BCUT2D eigenvalue weighted by atomic mass is 10.1. The second-order valence-corrected chi connectivity index (χ2v) is 9.66. The molecule has 0 radical (unpaired) electrons. The van der Waals surface area contributed by atoms with Crippen LogP contribution < -0.4 is 4.74 Å². The third-order valence-electron chi connectivity index (χ3n) is 6.28. The lowest BCUT2D eigenvalue weighted by Crippen LogP contribution is -1.92. The van der Waals surface area contributed by atoms with Crippen molar-refractivity contribution in [3.05, 3.63) is 138 Å². The molecule has 0 bridgehead atoms. The van der Waals surface area contributed by atoms with Crippen molar-refractivity contribution < 1.29 is 18.2 Å². The Labute approximate surface area is 265 Å². The Morgan fingerprint density at radius 2 is 1.37 bits per heavy atom. The number of pyridine rings is 2.